The average Bonchev–Trinajstić information content (AvgIpc) is 2.31. The van der Waals surface area contributed by atoms with Gasteiger partial charge in [-0.25, -0.2) is 0 Å². The van der Waals surface area contributed by atoms with Gasteiger partial charge in [0, 0.05) is 5.69 Å². The average molecular weight is 248 g/mol. The van der Waals surface area contributed by atoms with Gasteiger partial charge in [-0.3, -0.25) is 14.4 Å². The minimum atomic E-state index is -0.738. The molecule has 7 nitrogen and oxygen atoms in total. The van der Waals surface area contributed by atoms with Crippen molar-refractivity contribution in [3.63, 3.8) is 0 Å². The van der Waals surface area contributed by atoms with E-state index in [0.717, 1.165) is 0 Å². The van der Waals surface area contributed by atoms with Gasteiger partial charge in [0.2, 0.25) is 5.91 Å². The zero-order chi connectivity index (χ0) is 13.3. The Labute approximate surface area is 101 Å². The summed E-state index contributed by atoms with van der Waals surface area (Å²) in [5.74, 6) is -0.332. The molecular weight excluding hydrogens is 236 g/mol. The summed E-state index contributed by atoms with van der Waals surface area (Å²) < 4.78 is 0. The van der Waals surface area contributed by atoms with E-state index in [1.54, 1.807) is 25.1 Å². The van der Waals surface area contributed by atoms with E-state index in [0.29, 0.717) is 16.7 Å². The number of anilines is 1. The fourth-order valence-electron chi connectivity index (χ4n) is 1.45. The van der Waals surface area contributed by atoms with E-state index in [9.17, 15) is 14.4 Å². The molecule has 0 bridgehead atoms. The molecule has 0 saturated carbocycles. The van der Waals surface area contributed by atoms with Gasteiger partial charge in [-0.1, -0.05) is 0 Å². The highest BCUT2D eigenvalue weighted by Crippen LogP contribution is 2.13. The number of fused-ring (bicyclic) bond motifs is 1. The Morgan fingerprint density at radius 1 is 1.22 bits per heavy atom. The lowest BCUT2D eigenvalue weighted by atomic mass is 10.2. The minimum Gasteiger partial charge on any atom is -0.325 e. The lowest BCUT2D eigenvalue weighted by Crippen LogP contribution is -2.32. The van der Waals surface area contributed by atoms with Gasteiger partial charge in [-0.2, -0.15) is 0 Å². The number of rotatable bonds is 2. The van der Waals surface area contributed by atoms with Crippen molar-refractivity contribution in [2.24, 2.45) is 5.73 Å². The molecule has 1 aromatic heterocycles. The lowest BCUT2D eigenvalue weighted by Gasteiger charge is -2.08. The summed E-state index contributed by atoms with van der Waals surface area (Å²) in [6.45, 7) is 1.57. The Morgan fingerprint density at radius 2 is 1.83 bits per heavy atom. The molecule has 94 valence electrons. The van der Waals surface area contributed by atoms with Crippen LogP contribution in [-0.2, 0) is 4.79 Å². The Bertz CT molecular complexity index is 714. The highest BCUT2D eigenvalue weighted by molar-refractivity contribution is 5.95. The SMILES string of the molecule is CC(N)C(=O)Nc1ccc2[nH]c(=O)c(=O)[nH]c2c1. The molecule has 0 saturated heterocycles. The molecule has 1 atom stereocenters. The smallest absolute Gasteiger partial charge is 0.314 e. The van der Waals surface area contributed by atoms with E-state index < -0.39 is 17.2 Å². The number of hydrogen-bond donors (Lipinski definition) is 4. The highest BCUT2D eigenvalue weighted by atomic mass is 16.2. The van der Waals surface area contributed by atoms with Crippen LogP contribution in [0.3, 0.4) is 0 Å². The standard InChI is InChI=1S/C11H12N4O3/c1-5(12)9(16)13-6-2-3-7-8(4-6)15-11(18)10(17)14-7/h2-5H,12H2,1H3,(H,13,16)(H,14,17)(H,15,18). The van der Waals surface area contributed by atoms with Crippen molar-refractivity contribution in [2.75, 3.05) is 5.32 Å². The molecule has 7 heteroatoms. The van der Waals surface area contributed by atoms with Crippen molar-refractivity contribution in [1.29, 1.82) is 0 Å². The third kappa shape index (κ3) is 2.30. The first kappa shape index (κ1) is 12.1. The lowest BCUT2D eigenvalue weighted by molar-refractivity contribution is -0.117. The first-order valence-electron chi connectivity index (χ1n) is 5.30. The second-order valence-corrected chi connectivity index (χ2v) is 3.95. The third-order valence-electron chi connectivity index (χ3n) is 2.40. The summed E-state index contributed by atoms with van der Waals surface area (Å²) in [7, 11) is 0. The highest BCUT2D eigenvalue weighted by Gasteiger charge is 2.08. The summed E-state index contributed by atoms with van der Waals surface area (Å²) in [6.07, 6.45) is 0. The van der Waals surface area contributed by atoms with Crippen LogP contribution in [0.1, 0.15) is 6.92 Å². The fourth-order valence-corrected chi connectivity index (χ4v) is 1.45. The largest absolute Gasteiger partial charge is 0.325 e. The number of aromatic nitrogens is 2. The number of H-pyrrole nitrogens is 2. The monoisotopic (exact) mass is 248 g/mol. The Kier molecular flexibility index (Phi) is 2.99. The van der Waals surface area contributed by atoms with Gasteiger partial charge in [0.15, 0.2) is 0 Å². The van der Waals surface area contributed by atoms with Crippen LogP contribution in [0.25, 0.3) is 11.0 Å². The van der Waals surface area contributed by atoms with Crippen LogP contribution in [-0.4, -0.2) is 21.9 Å². The van der Waals surface area contributed by atoms with Crippen molar-refractivity contribution in [1.82, 2.24) is 9.97 Å². The molecular formula is C11H12N4O3. The molecule has 0 aliphatic carbocycles. The molecule has 0 fully saturated rings. The van der Waals surface area contributed by atoms with Crippen LogP contribution in [0.4, 0.5) is 5.69 Å². The Morgan fingerprint density at radius 3 is 2.44 bits per heavy atom. The number of carbonyl (C=O) groups is 1. The molecule has 0 aliphatic heterocycles. The first-order chi connectivity index (χ1) is 8.47. The van der Waals surface area contributed by atoms with Crippen molar-refractivity contribution >= 4 is 22.6 Å². The first-order valence-corrected chi connectivity index (χ1v) is 5.30. The van der Waals surface area contributed by atoms with Crippen molar-refractivity contribution in [3.8, 4) is 0 Å². The fraction of sp³-hybridized carbons (Fsp3) is 0.182. The van der Waals surface area contributed by atoms with Crippen molar-refractivity contribution < 1.29 is 4.79 Å². The zero-order valence-corrected chi connectivity index (χ0v) is 9.61. The van der Waals surface area contributed by atoms with Gasteiger partial charge in [0.25, 0.3) is 0 Å². The van der Waals surface area contributed by atoms with E-state index in [1.165, 1.54) is 0 Å². The number of benzene rings is 1. The summed E-state index contributed by atoms with van der Waals surface area (Å²) >= 11 is 0. The van der Waals surface area contributed by atoms with Gasteiger partial charge < -0.3 is 21.0 Å². The summed E-state index contributed by atoms with van der Waals surface area (Å²) in [6, 6.07) is 4.11. The van der Waals surface area contributed by atoms with Crippen LogP contribution in [0.5, 0.6) is 0 Å². The van der Waals surface area contributed by atoms with Crippen molar-refractivity contribution in [2.45, 2.75) is 13.0 Å². The van der Waals surface area contributed by atoms with Gasteiger partial charge >= 0.3 is 11.1 Å². The van der Waals surface area contributed by atoms with Crippen LogP contribution >= 0.6 is 0 Å². The molecule has 1 heterocycles. The zero-order valence-electron chi connectivity index (χ0n) is 9.61. The molecule has 5 N–H and O–H groups in total. The summed E-state index contributed by atoms with van der Waals surface area (Å²) in [5.41, 5.74) is 5.38. The summed E-state index contributed by atoms with van der Waals surface area (Å²) in [4.78, 5) is 38.5. The van der Waals surface area contributed by atoms with Crippen LogP contribution in [0.2, 0.25) is 0 Å². The molecule has 2 rings (SSSR count). The molecule has 1 aromatic carbocycles. The predicted molar refractivity (Wildman–Crippen MR) is 67.5 cm³/mol. The van der Waals surface area contributed by atoms with E-state index in [4.69, 9.17) is 5.73 Å². The third-order valence-corrected chi connectivity index (χ3v) is 2.40. The minimum absolute atomic E-state index is 0.332. The number of aromatic amines is 2. The molecule has 0 spiro atoms. The number of carbonyl (C=O) groups excluding carboxylic acids is 1. The number of hydrogen-bond acceptors (Lipinski definition) is 4. The molecule has 0 radical (unpaired) electrons. The number of nitrogens with two attached hydrogens (primary N) is 1. The molecule has 18 heavy (non-hydrogen) atoms. The predicted octanol–water partition coefficient (Wildman–Crippen LogP) is -0.498. The van der Waals surface area contributed by atoms with Gasteiger partial charge in [-0.15, -0.1) is 0 Å². The molecule has 1 amide bonds. The van der Waals surface area contributed by atoms with E-state index >= 15 is 0 Å². The van der Waals surface area contributed by atoms with Gasteiger partial charge in [0.05, 0.1) is 17.1 Å². The maximum absolute atomic E-state index is 11.4. The number of amides is 1. The molecule has 0 aliphatic rings. The molecule has 2 aromatic rings. The van der Waals surface area contributed by atoms with Crippen LogP contribution in [0.15, 0.2) is 27.8 Å². The van der Waals surface area contributed by atoms with Crippen LogP contribution < -0.4 is 22.2 Å². The Balaban J connectivity index is 2.44. The second-order valence-electron chi connectivity index (χ2n) is 3.95. The maximum Gasteiger partial charge on any atom is 0.314 e. The Hall–Kier alpha value is -2.41. The van der Waals surface area contributed by atoms with E-state index in [1.807, 2.05) is 0 Å². The topological polar surface area (TPSA) is 121 Å². The van der Waals surface area contributed by atoms with Gasteiger partial charge in [-0.05, 0) is 25.1 Å². The normalized spacial score (nSPS) is 12.3. The number of nitrogens with one attached hydrogen (secondary N) is 3. The maximum atomic E-state index is 11.4. The quantitative estimate of drug-likeness (QED) is 0.535. The van der Waals surface area contributed by atoms with E-state index in [-0.39, 0.29) is 5.91 Å². The van der Waals surface area contributed by atoms with E-state index in [2.05, 4.69) is 15.3 Å². The summed E-state index contributed by atoms with van der Waals surface area (Å²) in [5, 5.41) is 2.59. The van der Waals surface area contributed by atoms with Crippen LogP contribution in [0, 0.1) is 0 Å². The van der Waals surface area contributed by atoms with Crippen molar-refractivity contribution in [3.05, 3.63) is 38.9 Å². The second kappa shape index (κ2) is 4.46. The molecule has 1 unspecified atom stereocenters. The van der Waals surface area contributed by atoms with Gasteiger partial charge in [0.1, 0.15) is 0 Å².